The molecule has 0 saturated heterocycles. The molecule has 0 fully saturated rings. The van der Waals surface area contributed by atoms with E-state index in [0.29, 0.717) is 0 Å². The largest absolute Gasteiger partial charge is 0.454 e. The van der Waals surface area contributed by atoms with Crippen molar-refractivity contribution in [1.29, 1.82) is 0 Å². The Balaban J connectivity index is 0.997. The molecule has 0 radical (unpaired) electrons. The normalized spacial score (nSPS) is 11.7. The van der Waals surface area contributed by atoms with Gasteiger partial charge in [0.15, 0.2) is 5.58 Å². The molecule has 2 aromatic heterocycles. The van der Waals surface area contributed by atoms with Crippen LogP contribution in [0.3, 0.4) is 0 Å². The molecular weight excluding hydrogens is 597 g/mol. The standard InChI is InChI=1S/C46H30N2O/c1-2-14-36(15-3-1)48-42-19-8-6-17-38(42)40-28-33(25-26-43(40)48)31-23-21-30(22-24-31)32-12-10-13-35(27-32)47-41-29-34-11-4-5-16-37(34)45-39-18-7-9-20-44(39)49-46(41)45/h1-29,47H. The highest BCUT2D eigenvalue weighted by molar-refractivity contribution is 6.22. The van der Waals surface area contributed by atoms with Gasteiger partial charge in [0.25, 0.3) is 0 Å². The molecule has 0 unspecified atom stereocenters. The lowest BCUT2D eigenvalue weighted by atomic mass is 9.98. The second kappa shape index (κ2) is 11.0. The molecule has 3 nitrogen and oxygen atoms in total. The van der Waals surface area contributed by atoms with Crippen molar-refractivity contribution in [1.82, 2.24) is 4.57 Å². The zero-order chi connectivity index (χ0) is 32.3. The van der Waals surface area contributed by atoms with E-state index in [1.807, 2.05) is 12.1 Å². The zero-order valence-electron chi connectivity index (χ0n) is 26.6. The summed E-state index contributed by atoms with van der Waals surface area (Å²) in [5.74, 6) is 0. The Morgan fingerprint density at radius 3 is 1.92 bits per heavy atom. The minimum absolute atomic E-state index is 0.874. The average Bonchev–Trinajstić information content (AvgIpc) is 3.72. The van der Waals surface area contributed by atoms with Crippen LogP contribution in [0.15, 0.2) is 180 Å². The average molecular weight is 627 g/mol. The number of aromatic nitrogens is 1. The van der Waals surface area contributed by atoms with Gasteiger partial charge in [-0.3, -0.25) is 0 Å². The molecule has 0 bridgehead atoms. The molecule has 0 aliphatic rings. The Labute approximate surface area is 283 Å². The van der Waals surface area contributed by atoms with Gasteiger partial charge < -0.3 is 14.3 Å². The number of fused-ring (bicyclic) bond motifs is 8. The fraction of sp³-hybridized carbons (Fsp3) is 0. The van der Waals surface area contributed by atoms with Crippen molar-refractivity contribution in [2.24, 2.45) is 0 Å². The number of rotatable bonds is 5. The van der Waals surface area contributed by atoms with E-state index in [-0.39, 0.29) is 0 Å². The maximum atomic E-state index is 6.44. The topological polar surface area (TPSA) is 30.1 Å². The Morgan fingerprint density at radius 2 is 1.08 bits per heavy atom. The monoisotopic (exact) mass is 626 g/mol. The number of hydrogen-bond acceptors (Lipinski definition) is 2. The van der Waals surface area contributed by atoms with Crippen molar-refractivity contribution in [3.63, 3.8) is 0 Å². The number of nitrogens with zero attached hydrogens (tertiary/aromatic N) is 1. The number of benzene rings is 8. The summed E-state index contributed by atoms with van der Waals surface area (Å²) in [5.41, 5.74) is 12.1. The van der Waals surface area contributed by atoms with Gasteiger partial charge in [0.05, 0.1) is 16.7 Å². The fourth-order valence-electron chi connectivity index (χ4n) is 7.46. The van der Waals surface area contributed by atoms with Gasteiger partial charge in [0.1, 0.15) is 5.58 Å². The minimum Gasteiger partial charge on any atom is -0.454 e. The molecule has 0 amide bonds. The van der Waals surface area contributed by atoms with Crippen molar-refractivity contribution in [3.05, 3.63) is 176 Å². The molecule has 49 heavy (non-hydrogen) atoms. The van der Waals surface area contributed by atoms with Gasteiger partial charge in [0, 0.05) is 32.9 Å². The molecule has 10 aromatic rings. The third-order valence-electron chi connectivity index (χ3n) is 9.75. The second-order valence-corrected chi connectivity index (χ2v) is 12.7. The van der Waals surface area contributed by atoms with Crippen molar-refractivity contribution in [3.8, 4) is 27.9 Å². The molecule has 8 aromatic carbocycles. The van der Waals surface area contributed by atoms with Gasteiger partial charge in [-0.15, -0.1) is 0 Å². The third-order valence-corrected chi connectivity index (χ3v) is 9.75. The molecule has 0 atom stereocenters. The van der Waals surface area contributed by atoms with E-state index in [9.17, 15) is 0 Å². The summed E-state index contributed by atoms with van der Waals surface area (Å²) < 4.78 is 8.80. The summed E-state index contributed by atoms with van der Waals surface area (Å²) in [6.45, 7) is 0. The highest BCUT2D eigenvalue weighted by atomic mass is 16.3. The Hall–Kier alpha value is -6.58. The molecule has 2 heterocycles. The maximum absolute atomic E-state index is 6.44. The molecule has 0 aliphatic carbocycles. The Morgan fingerprint density at radius 1 is 0.429 bits per heavy atom. The number of anilines is 2. The van der Waals surface area contributed by atoms with Crippen molar-refractivity contribution < 1.29 is 4.42 Å². The molecule has 0 aliphatic heterocycles. The van der Waals surface area contributed by atoms with Crippen molar-refractivity contribution in [2.45, 2.75) is 0 Å². The van der Waals surface area contributed by atoms with Crippen molar-refractivity contribution in [2.75, 3.05) is 5.32 Å². The van der Waals surface area contributed by atoms with Crippen LogP contribution in [-0.2, 0) is 0 Å². The fourth-order valence-corrected chi connectivity index (χ4v) is 7.46. The van der Waals surface area contributed by atoms with Gasteiger partial charge in [-0.2, -0.15) is 0 Å². The van der Waals surface area contributed by atoms with Gasteiger partial charge in [-0.1, -0.05) is 121 Å². The van der Waals surface area contributed by atoms with Crippen LogP contribution in [0.1, 0.15) is 0 Å². The maximum Gasteiger partial charge on any atom is 0.159 e. The SMILES string of the molecule is c1ccc(-n2c3ccccc3c3cc(-c4ccc(-c5cccc(Nc6cc7ccccc7c7c6oc6ccccc67)c5)cc4)ccc32)cc1. The van der Waals surface area contributed by atoms with Crippen LogP contribution in [-0.4, -0.2) is 4.57 Å². The predicted octanol–water partition coefficient (Wildman–Crippen LogP) is 12.9. The molecular formula is C46H30N2O. The predicted molar refractivity (Wildman–Crippen MR) is 206 cm³/mol. The third kappa shape index (κ3) is 4.51. The van der Waals surface area contributed by atoms with Crippen LogP contribution in [0.4, 0.5) is 11.4 Å². The molecule has 230 valence electrons. The second-order valence-electron chi connectivity index (χ2n) is 12.7. The molecule has 0 spiro atoms. The summed E-state index contributed by atoms with van der Waals surface area (Å²) in [5, 5.41) is 10.9. The molecule has 0 saturated carbocycles. The molecule has 10 rings (SSSR count). The van der Waals surface area contributed by atoms with E-state index in [0.717, 1.165) is 38.9 Å². The van der Waals surface area contributed by atoms with E-state index in [4.69, 9.17) is 4.42 Å². The first-order valence-electron chi connectivity index (χ1n) is 16.7. The van der Waals surface area contributed by atoms with Gasteiger partial charge in [0.2, 0.25) is 0 Å². The number of furan rings is 1. The number of hydrogen-bond donors (Lipinski definition) is 1. The van der Waals surface area contributed by atoms with Gasteiger partial charge >= 0.3 is 0 Å². The first-order valence-corrected chi connectivity index (χ1v) is 16.7. The first-order chi connectivity index (χ1) is 24.3. The van der Waals surface area contributed by atoms with E-state index in [2.05, 4.69) is 174 Å². The molecule has 1 N–H and O–H groups in total. The van der Waals surface area contributed by atoms with Crippen LogP contribution in [0, 0.1) is 0 Å². The Bertz CT molecular complexity index is 2840. The summed E-state index contributed by atoms with van der Waals surface area (Å²) in [6.07, 6.45) is 0. The molecule has 3 heteroatoms. The van der Waals surface area contributed by atoms with E-state index in [1.165, 1.54) is 55.0 Å². The zero-order valence-corrected chi connectivity index (χ0v) is 26.6. The highest BCUT2D eigenvalue weighted by Gasteiger charge is 2.16. The lowest BCUT2D eigenvalue weighted by Gasteiger charge is -2.12. The smallest absolute Gasteiger partial charge is 0.159 e. The number of para-hydroxylation sites is 3. The summed E-state index contributed by atoms with van der Waals surface area (Å²) >= 11 is 0. The minimum atomic E-state index is 0.874. The van der Waals surface area contributed by atoms with E-state index >= 15 is 0 Å². The number of nitrogens with one attached hydrogen (secondary N) is 1. The van der Waals surface area contributed by atoms with Crippen LogP contribution >= 0.6 is 0 Å². The van der Waals surface area contributed by atoms with Gasteiger partial charge in [-0.05, 0) is 87.6 Å². The van der Waals surface area contributed by atoms with Crippen LogP contribution in [0.5, 0.6) is 0 Å². The van der Waals surface area contributed by atoms with Crippen LogP contribution in [0.25, 0.3) is 82.5 Å². The quantitative estimate of drug-likeness (QED) is 0.206. The lowest BCUT2D eigenvalue weighted by molar-refractivity contribution is 0.670. The van der Waals surface area contributed by atoms with E-state index in [1.54, 1.807) is 0 Å². The lowest BCUT2D eigenvalue weighted by Crippen LogP contribution is -1.92. The summed E-state index contributed by atoms with van der Waals surface area (Å²) in [7, 11) is 0. The summed E-state index contributed by atoms with van der Waals surface area (Å²) in [6, 6.07) is 62.6. The Kier molecular flexibility index (Phi) is 6.18. The van der Waals surface area contributed by atoms with Crippen LogP contribution < -0.4 is 5.32 Å². The van der Waals surface area contributed by atoms with E-state index < -0.39 is 0 Å². The van der Waals surface area contributed by atoms with Gasteiger partial charge in [-0.25, -0.2) is 0 Å². The highest BCUT2D eigenvalue weighted by Crippen LogP contribution is 2.41. The van der Waals surface area contributed by atoms with Crippen LogP contribution in [0.2, 0.25) is 0 Å². The first kappa shape index (κ1) is 27.5. The van der Waals surface area contributed by atoms with Crippen molar-refractivity contribution >= 4 is 65.9 Å². The summed E-state index contributed by atoms with van der Waals surface area (Å²) in [4.78, 5) is 0.